The average molecular weight is 302 g/mol. The van der Waals surface area contributed by atoms with Crippen molar-refractivity contribution in [1.29, 1.82) is 0 Å². The van der Waals surface area contributed by atoms with Gasteiger partial charge in [-0.05, 0) is 57.2 Å². The van der Waals surface area contributed by atoms with Crippen molar-refractivity contribution >= 4 is 0 Å². The largest absolute Gasteiger partial charge is 0.508 e. The third-order valence-electron chi connectivity index (χ3n) is 4.74. The highest BCUT2D eigenvalue weighted by Crippen LogP contribution is 2.41. The molecule has 2 aromatic rings. The molecule has 5 nitrogen and oxygen atoms in total. The summed E-state index contributed by atoms with van der Waals surface area (Å²) in [4.78, 5) is 4.63. The van der Waals surface area contributed by atoms with Crippen molar-refractivity contribution in [1.82, 2.24) is 10.1 Å². The van der Waals surface area contributed by atoms with Gasteiger partial charge in [-0.25, -0.2) is 0 Å². The van der Waals surface area contributed by atoms with Gasteiger partial charge in [0.2, 0.25) is 11.7 Å². The SMILES string of the molecule is COC1(c2noc(C(C)(C)c3cccc(O)c3)n2)CCCC1. The number of aromatic hydroxyl groups is 1. The molecule has 1 saturated carbocycles. The van der Waals surface area contributed by atoms with Gasteiger partial charge in [-0.1, -0.05) is 17.3 Å². The number of rotatable bonds is 4. The predicted molar refractivity (Wildman–Crippen MR) is 81.7 cm³/mol. The molecule has 0 amide bonds. The summed E-state index contributed by atoms with van der Waals surface area (Å²) in [6.07, 6.45) is 4.09. The number of ether oxygens (including phenoxy) is 1. The summed E-state index contributed by atoms with van der Waals surface area (Å²) < 4.78 is 11.3. The number of hydrogen-bond donors (Lipinski definition) is 1. The molecular weight excluding hydrogens is 280 g/mol. The Bertz CT molecular complexity index is 657. The Morgan fingerprint density at radius 3 is 2.64 bits per heavy atom. The number of nitrogens with zero attached hydrogens (tertiary/aromatic N) is 2. The molecule has 0 saturated heterocycles. The summed E-state index contributed by atoms with van der Waals surface area (Å²) >= 11 is 0. The van der Waals surface area contributed by atoms with E-state index >= 15 is 0 Å². The highest BCUT2D eigenvalue weighted by Gasteiger charge is 2.41. The van der Waals surface area contributed by atoms with Crippen molar-refractivity contribution in [3.05, 3.63) is 41.5 Å². The Labute approximate surface area is 130 Å². The topological polar surface area (TPSA) is 68.4 Å². The fraction of sp³-hybridized carbons (Fsp3) is 0.529. The third kappa shape index (κ3) is 2.39. The van der Waals surface area contributed by atoms with Crippen molar-refractivity contribution in [2.75, 3.05) is 7.11 Å². The number of hydrogen-bond acceptors (Lipinski definition) is 5. The predicted octanol–water partition coefficient (Wildman–Crippen LogP) is 3.52. The van der Waals surface area contributed by atoms with Crippen molar-refractivity contribution in [3.63, 3.8) is 0 Å². The molecule has 0 atom stereocenters. The van der Waals surface area contributed by atoms with E-state index in [9.17, 15) is 5.11 Å². The van der Waals surface area contributed by atoms with E-state index in [1.807, 2.05) is 26.0 Å². The molecule has 1 heterocycles. The zero-order valence-electron chi connectivity index (χ0n) is 13.3. The number of benzene rings is 1. The van der Waals surface area contributed by atoms with Gasteiger partial charge in [0.25, 0.3) is 0 Å². The van der Waals surface area contributed by atoms with Crippen LogP contribution in [0.25, 0.3) is 0 Å². The van der Waals surface area contributed by atoms with Crippen LogP contribution in [0.1, 0.15) is 56.8 Å². The van der Waals surface area contributed by atoms with Gasteiger partial charge in [0, 0.05) is 7.11 Å². The standard InChI is InChI=1S/C17H22N2O3/c1-16(2,12-7-6-8-13(20)11-12)15-18-14(19-22-15)17(21-3)9-4-5-10-17/h6-8,11,20H,4-5,9-10H2,1-3H3. The molecule has 1 aromatic heterocycles. The Hall–Kier alpha value is -1.88. The molecule has 0 radical (unpaired) electrons. The maximum absolute atomic E-state index is 9.69. The van der Waals surface area contributed by atoms with E-state index in [4.69, 9.17) is 9.26 Å². The number of aromatic nitrogens is 2. The average Bonchev–Trinajstić information content (AvgIpc) is 3.17. The molecule has 1 aliphatic rings. The van der Waals surface area contributed by atoms with E-state index < -0.39 is 11.0 Å². The van der Waals surface area contributed by atoms with E-state index in [0.29, 0.717) is 11.7 Å². The molecule has 3 rings (SSSR count). The van der Waals surface area contributed by atoms with Crippen molar-refractivity contribution < 1.29 is 14.4 Å². The maximum Gasteiger partial charge on any atom is 0.236 e. The molecule has 0 aliphatic heterocycles. The zero-order chi connectivity index (χ0) is 15.8. The van der Waals surface area contributed by atoms with Crippen LogP contribution in [0.15, 0.2) is 28.8 Å². The summed E-state index contributed by atoms with van der Waals surface area (Å²) in [5.74, 6) is 1.40. The minimum atomic E-state index is -0.475. The molecule has 118 valence electrons. The summed E-state index contributed by atoms with van der Waals surface area (Å²) in [5, 5.41) is 13.9. The minimum absolute atomic E-state index is 0.231. The molecule has 1 fully saturated rings. The Kier molecular flexibility index (Phi) is 3.68. The molecule has 0 unspecified atom stereocenters. The monoisotopic (exact) mass is 302 g/mol. The van der Waals surface area contributed by atoms with Crippen LogP contribution >= 0.6 is 0 Å². The number of methoxy groups -OCH3 is 1. The van der Waals surface area contributed by atoms with Crippen LogP contribution < -0.4 is 0 Å². The van der Waals surface area contributed by atoms with Gasteiger partial charge in [0.1, 0.15) is 11.4 Å². The van der Waals surface area contributed by atoms with Crippen LogP contribution in [0.4, 0.5) is 0 Å². The fourth-order valence-corrected chi connectivity index (χ4v) is 3.15. The van der Waals surface area contributed by atoms with Crippen LogP contribution in [0, 0.1) is 0 Å². The minimum Gasteiger partial charge on any atom is -0.508 e. The highest BCUT2D eigenvalue weighted by atomic mass is 16.5. The second kappa shape index (κ2) is 5.39. The molecule has 1 aliphatic carbocycles. The molecule has 1 N–H and O–H groups in total. The van der Waals surface area contributed by atoms with Gasteiger partial charge in [-0.2, -0.15) is 4.98 Å². The van der Waals surface area contributed by atoms with E-state index in [1.165, 1.54) is 0 Å². The molecule has 0 bridgehead atoms. The van der Waals surface area contributed by atoms with Crippen LogP contribution in [0.2, 0.25) is 0 Å². The second-order valence-corrected chi connectivity index (χ2v) is 6.50. The van der Waals surface area contributed by atoms with E-state index in [-0.39, 0.29) is 5.75 Å². The van der Waals surface area contributed by atoms with E-state index in [1.54, 1.807) is 19.2 Å². The first-order chi connectivity index (χ1) is 10.5. The fourth-order valence-electron chi connectivity index (χ4n) is 3.15. The summed E-state index contributed by atoms with van der Waals surface area (Å²) in [7, 11) is 1.71. The molecular formula is C17H22N2O3. The third-order valence-corrected chi connectivity index (χ3v) is 4.74. The summed E-state index contributed by atoms with van der Waals surface area (Å²) in [5.41, 5.74) is 0.0503. The lowest BCUT2D eigenvalue weighted by Gasteiger charge is -2.23. The number of phenolic OH excluding ortho intramolecular Hbond substituents is 1. The summed E-state index contributed by atoms with van der Waals surface area (Å²) in [6.45, 7) is 4.01. The van der Waals surface area contributed by atoms with Gasteiger partial charge < -0.3 is 14.4 Å². The molecule has 5 heteroatoms. The van der Waals surface area contributed by atoms with Crippen LogP contribution in [-0.4, -0.2) is 22.4 Å². The molecule has 1 aromatic carbocycles. The lowest BCUT2D eigenvalue weighted by molar-refractivity contribution is -0.0178. The lowest BCUT2D eigenvalue weighted by atomic mass is 9.84. The van der Waals surface area contributed by atoms with Gasteiger partial charge in [0.05, 0.1) is 5.41 Å². The Morgan fingerprint density at radius 2 is 2.00 bits per heavy atom. The van der Waals surface area contributed by atoms with Gasteiger partial charge >= 0.3 is 0 Å². The first-order valence-electron chi connectivity index (χ1n) is 7.67. The Morgan fingerprint density at radius 1 is 1.27 bits per heavy atom. The van der Waals surface area contributed by atoms with E-state index in [0.717, 1.165) is 31.2 Å². The van der Waals surface area contributed by atoms with E-state index in [2.05, 4.69) is 10.1 Å². The summed E-state index contributed by atoms with van der Waals surface area (Å²) in [6, 6.07) is 7.14. The quantitative estimate of drug-likeness (QED) is 0.936. The van der Waals surface area contributed by atoms with Gasteiger partial charge in [-0.3, -0.25) is 0 Å². The van der Waals surface area contributed by atoms with Crippen molar-refractivity contribution in [2.24, 2.45) is 0 Å². The molecule has 22 heavy (non-hydrogen) atoms. The molecule has 0 spiro atoms. The Balaban J connectivity index is 1.96. The first kappa shape index (κ1) is 15.0. The van der Waals surface area contributed by atoms with Gasteiger partial charge in [-0.15, -0.1) is 0 Å². The van der Waals surface area contributed by atoms with Crippen LogP contribution in [0.3, 0.4) is 0 Å². The number of phenols is 1. The maximum atomic E-state index is 9.69. The first-order valence-corrected chi connectivity index (χ1v) is 7.67. The smallest absolute Gasteiger partial charge is 0.236 e. The second-order valence-electron chi connectivity index (χ2n) is 6.50. The van der Waals surface area contributed by atoms with Crippen LogP contribution in [0.5, 0.6) is 5.75 Å². The van der Waals surface area contributed by atoms with Crippen molar-refractivity contribution in [2.45, 2.75) is 50.5 Å². The lowest BCUT2D eigenvalue weighted by Crippen LogP contribution is -2.26. The van der Waals surface area contributed by atoms with Crippen molar-refractivity contribution in [3.8, 4) is 5.75 Å². The normalized spacial score (nSPS) is 17.8. The zero-order valence-corrected chi connectivity index (χ0v) is 13.3. The van der Waals surface area contributed by atoms with Crippen LogP contribution in [-0.2, 0) is 15.8 Å². The highest BCUT2D eigenvalue weighted by molar-refractivity contribution is 5.35. The van der Waals surface area contributed by atoms with Gasteiger partial charge in [0.15, 0.2) is 0 Å².